The third-order valence-electron chi connectivity index (χ3n) is 2.52. The van der Waals surface area contributed by atoms with E-state index < -0.39 is 5.60 Å². The van der Waals surface area contributed by atoms with Gasteiger partial charge in [-0.15, -0.1) is 0 Å². The lowest BCUT2D eigenvalue weighted by Gasteiger charge is -2.31. The van der Waals surface area contributed by atoms with Crippen LogP contribution in [0.1, 0.15) is 26.7 Å². The minimum Gasteiger partial charge on any atom is -0.381 e. The van der Waals surface area contributed by atoms with Gasteiger partial charge < -0.3 is 15.3 Å². The molecule has 0 saturated carbocycles. The second-order valence-electron chi connectivity index (χ2n) is 4.63. The molecule has 0 radical (unpaired) electrons. The summed E-state index contributed by atoms with van der Waals surface area (Å²) in [5.74, 6) is -0.280. The zero-order valence-corrected chi connectivity index (χ0v) is 9.21. The van der Waals surface area contributed by atoms with Gasteiger partial charge in [-0.2, -0.15) is 0 Å². The standard InChI is InChI=1S/C10H20N2O2/c1-10(2,14)9(13)11-8-5-4-6-12(3)7-8/h8,14H,4-7H2,1-3H3,(H,11,13). The summed E-state index contributed by atoms with van der Waals surface area (Å²) in [5, 5.41) is 12.3. The maximum Gasteiger partial charge on any atom is 0.251 e. The molecular weight excluding hydrogens is 180 g/mol. The SMILES string of the molecule is CN1CCCC(NC(=O)C(C)(C)O)C1. The number of amides is 1. The molecule has 0 aromatic rings. The van der Waals surface area contributed by atoms with Crippen molar-refractivity contribution in [3.8, 4) is 0 Å². The molecule has 1 atom stereocenters. The number of likely N-dealkylation sites (N-methyl/N-ethyl adjacent to an activating group) is 1. The Morgan fingerprint density at radius 2 is 2.21 bits per heavy atom. The zero-order valence-electron chi connectivity index (χ0n) is 9.21. The van der Waals surface area contributed by atoms with Crippen molar-refractivity contribution in [3.05, 3.63) is 0 Å². The summed E-state index contributed by atoms with van der Waals surface area (Å²) in [6.45, 7) is 4.99. The van der Waals surface area contributed by atoms with Gasteiger partial charge in [-0.25, -0.2) is 0 Å². The van der Waals surface area contributed by atoms with Crippen LogP contribution in [-0.2, 0) is 4.79 Å². The van der Waals surface area contributed by atoms with Crippen molar-refractivity contribution in [2.75, 3.05) is 20.1 Å². The van der Waals surface area contributed by atoms with Crippen LogP contribution >= 0.6 is 0 Å². The monoisotopic (exact) mass is 200 g/mol. The number of likely N-dealkylation sites (tertiary alicyclic amines) is 1. The quantitative estimate of drug-likeness (QED) is 0.658. The van der Waals surface area contributed by atoms with Crippen LogP contribution in [0.25, 0.3) is 0 Å². The summed E-state index contributed by atoms with van der Waals surface area (Å²) in [5.41, 5.74) is -1.27. The van der Waals surface area contributed by atoms with Crippen LogP contribution in [0.3, 0.4) is 0 Å². The summed E-state index contributed by atoms with van der Waals surface area (Å²) in [4.78, 5) is 13.7. The second kappa shape index (κ2) is 4.28. The Kier molecular flexibility index (Phi) is 3.50. The lowest BCUT2D eigenvalue weighted by atomic mass is 10.0. The number of rotatable bonds is 2. The molecule has 1 saturated heterocycles. The van der Waals surface area contributed by atoms with Gasteiger partial charge in [0, 0.05) is 12.6 Å². The average molecular weight is 200 g/mol. The molecule has 0 aliphatic carbocycles. The van der Waals surface area contributed by atoms with Gasteiger partial charge in [0.05, 0.1) is 0 Å². The van der Waals surface area contributed by atoms with Crippen LogP contribution in [0.5, 0.6) is 0 Å². The Balaban J connectivity index is 2.40. The van der Waals surface area contributed by atoms with E-state index in [4.69, 9.17) is 0 Å². The first-order valence-electron chi connectivity index (χ1n) is 5.11. The smallest absolute Gasteiger partial charge is 0.251 e. The Bertz CT molecular complexity index is 211. The van der Waals surface area contributed by atoms with Crippen molar-refractivity contribution < 1.29 is 9.90 Å². The highest BCUT2D eigenvalue weighted by molar-refractivity contribution is 5.84. The summed E-state index contributed by atoms with van der Waals surface area (Å²) >= 11 is 0. The molecule has 4 nitrogen and oxygen atoms in total. The van der Waals surface area contributed by atoms with E-state index in [1.165, 1.54) is 13.8 Å². The fraction of sp³-hybridized carbons (Fsp3) is 0.900. The Labute approximate surface area is 85.3 Å². The first-order valence-corrected chi connectivity index (χ1v) is 5.11. The van der Waals surface area contributed by atoms with E-state index in [0.29, 0.717) is 0 Å². The molecule has 0 aromatic carbocycles. The predicted molar refractivity (Wildman–Crippen MR) is 55.0 cm³/mol. The minimum absolute atomic E-state index is 0.188. The van der Waals surface area contributed by atoms with Gasteiger partial charge in [0.15, 0.2) is 0 Å². The summed E-state index contributed by atoms with van der Waals surface area (Å²) in [7, 11) is 2.04. The van der Waals surface area contributed by atoms with Crippen LogP contribution in [0.4, 0.5) is 0 Å². The maximum absolute atomic E-state index is 11.5. The third-order valence-corrected chi connectivity index (χ3v) is 2.52. The highest BCUT2D eigenvalue weighted by atomic mass is 16.3. The predicted octanol–water partition coefficient (Wildman–Crippen LogP) is -0.0323. The van der Waals surface area contributed by atoms with Gasteiger partial charge in [-0.05, 0) is 40.3 Å². The summed E-state index contributed by atoms with van der Waals surface area (Å²) in [6, 6.07) is 0.188. The molecule has 0 bridgehead atoms. The van der Waals surface area contributed by atoms with E-state index >= 15 is 0 Å². The van der Waals surface area contributed by atoms with E-state index in [-0.39, 0.29) is 11.9 Å². The topological polar surface area (TPSA) is 52.6 Å². The summed E-state index contributed by atoms with van der Waals surface area (Å²) in [6.07, 6.45) is 2.11. The van der Waals surface area contributed by atoms with Crippen LogP contribution < -0.4 is 5.32 Å². The van der Waals surface area contributed by atoms with Gasteiger partial charge in [-0.3, -0.25) is 4.79 Å². The van der Waals surface area contributed by atoms with E-state index in [0.717, 1.165) is 25.9 Å². The number of aliphatic hydroxyl groups is 1. The molecule has 1 amide bonds. The van der Waals surface area contributed by atoms with Gasteiger partial charge in [0.25, 0.3) is 5.91 Å². The van der Waals surface area contributed by atoms with Crippen molar-refractivity contribution in [3.63, 3.8) is 0 Å². The molecule has 0 spiro atoms. The number of carbonyl (C=O) groups excluding carboxylic acids is 1. The van der Waals surface area contributed by atoms with Crippen LogP contribution in [-0.4, -0.2) is 47.7 Å². The van der Waals surface area contributed by atoms with Gasteiger partial charge in [-0.1, -0.05) is 0 Å². The number of hydrogen-bond acceptors (Lipinski definition) is 3. The molecule has 1 heterocycles. The number of hydrogen-bond donors (Lipinski definition) is 2. The molecule has 1 aliphatic heterocycles. The van der Waals surface area contributed by atoms with Gasteiger partial charge in [0.1, 0.15) is 5.60 Å². The van der Waals surface area contributed by atoms with E-state index in [1.807, 2.05) is 7.05 Å². The normalized spacial score (nSPS) is 24.7. The molecule has 14 heavy (non-hydrogen) atoms. The van der Waals surface area contributed by atoms with Crippen molar-refractivity contribution in [2.45, 2.75) is 38.3 Å². The minimum atomic E-state index is -1.27. The van der Waals surface area contributed by atoms with Crippen LogP contribution in [0.15, 0.2) is 0 Å². The van der Waals surface area contributed by atoms with Crippen LogP contribution in [0.2, 0.25) is 0 Å². The third kappa shape index (κ3) is 3.27. The number of nitrogens with zero attached hydrogens (tertiary/aromatic N) is 1. The molecule has 1 rings (SSSR count). The molecule has 1 fully saturated rings. The maximum atomic E-state index is 11.5. The first-order chi connectivity index (χ1) is 6.39. The fourth-order valence-electron chi connectivity index (χ4n) is 1.65. The molecule has 2 N–H and O–H groups in total. The van der Waals surface area contributed by atoms with Crippen molar-refractivity contribution in [1.29, 1.82) is 0 Å². The van der Waals surface area contributed by atoms with Crippen LogP contribution in [0, 0.1) is 0 Å². The lowest BCUT2D eigenvalue weighted by Crippen LogP contribution is -2.52. The Morgan fingerprint density at radius 1 is 1.57 bits per heavy atom. The zero-order chi connectivity index (χ0) is 10.8. The summed E-state index contributed by atoms with van der Waals surface area (Å²) < 4.78 is 0. The average Bonchev–Trinajstić information content (AvgIpc) is 2.02. The molecule has 4 heteroatoms. The highest BCUT2D eigenvalue weighted by Gasteiger charge is 2.27. The van der Waals surface area contributed by atoms with E-state index in [2.05, 4.69) is 10.2 Å². The van der Waals surface area contributed by atoms with Gasteiger partial charge >= 0.3 is 0 Å². The number of carbonyl (C=O) groups is 1. The lowest BCUT2D eigenvalue weighted by molar-refractivity contribution is -0.137. The highest BCUT2D eigenvalue weighted by Crippen LogP contribution is 2.09. The first kappa shape index (κ1) is 11.5. The van der Waals surface area contributed by atoms with Crippen molar-refractivity contribution >= 4 is 5.91 Å². The van der Waals surface area contributed by atoms with Gasteiger partial charge in [0.2, 0.25) is 0 Å². The molecule has 1 unspecified atom stereocenters. The fourth-order valence-corrected chi connectivity index (χ4v) is 1.65. The van der Waals surface area contributed by atoms with Crippen molar-refractivity contribution in [1.82, 2.24) is 10.2 Å². The number of piperidine rings is 1. The second-order valence-corrected chi connectivity index (χ2v) is 4.63. The molecular formula is C10H20N2O2. The molecule has 0 aromatic heterocycles. The molecule has 1 aliphatic rings. The Hall–Kier alpha value is -0.610. The van der Waals surface area contributed by atoms with Crippen molar-refractivity contribution in [2.24, 2.45) is 0 Å². The van der Waals surface area contributed by atoms with E-state index in [1.54, 1.807) is 0 Å². The molecule has 82 valence electrons. The Morgan fingerprint density at radius 3 is 2.71 bits per heavy atom. The number of nitrogens with one attached hydrogen (secondary N) is 1. The van der Waals surface area contributed by atoms with E-state index in [9.17, 15) is 9.90 Å². The largest absolute Gasteiger partial charge is 0.381 e.